The normalized spacial score (nSPS) is 28.0. The molecule has 0 saturated carbocycles. The van der Waals surface area contributed by atoms with Crippen LogP contribution in [0.2, 0.25) is 5.02 Å². The van der Waals surface area contributed by atoms with Gasteiger partial charge in [-0.2, -0.15) is 0 Å². The minimum absolute atomic E-state index is 0.284. The summed E-state index contributed by atoms with van der Waals surface area (Å²) >= 11 is 6.16. The topological polar surface area (TPSA) is 23.5 Å². The molecule has 4 rings (SSSR count). The second kappa shape index (κ2) is 6.18. The second-order valence-electron chi connectivity index (χ2n) is 7.46. The molecule has 126 valence electrons. The molecule has 2 aromatic rings. The minimum atomic E-state index is -0.837. The SMILES string of the molecule is Cc1cc(Cl)ccc1C(O)(Cc1ccccc1)C1CN2CCC1C2. The molecule has 2 aromatic carbocycles. The minimum Gasteiger partial charge on any atom is -0.384 e. The first-order valence-corrected chi connectivity index (χ1v) is 9.19. The summed E-state index contributed by atoms with van der Waals surface area (Å²) in [4.78, 5) is 2.50. The average Bonchev–Trinajstić information content (AvgIpc) is 3.19. The van der Waals surface area contributed by atoms with Gasteiger partial charge in [-0.1, -0.05) is 48.0 Å². The molecule has 2 heterocycles. The molecule has 0 spiro atoms. The van der Waals surface area contributed by atoms with Gasteiger partial charge in [0.1, 0.15) is 0 Å². The molecule has 4 unspecified atom stereocenters. The van der Waals surface area contributed by atoms with E-state index in [0.29, 0.717) is 12.3 Å². The molecule has 2 aliphatic heterocycles. The third-order valence-corrected chi connectivity index (χ3v) is 6.15. The van der Waals surface area contributed by atoms with Crippen LogP contribution in [0.3, 0.4) is 0 Å². The lowest BCUT2D eigenvalue weighted by Gasteiger charge is -2.40. The van der Waals surface area contributed by atoms with E-state index in [2.05, 4.69) is 36.1 Å². The zero-order valence-electron chi connectivity index (χ0n) is 14.1. The number of aryl methyl sites for hydroxylation is 1. The van der Waals surface area contributed by atoms with Crippen LogP contribution < -0.4 is 0 Å². The zero-order chi connectivity index (χ0) is 16.7. The van der Waals surface area contributed by atoms with Crippen molar-refractivity contribution in [2.75, 3.05) is 19.6 Å². The Morgan fingerprint density at radius 1 is 1.17 bits per heavy atom. The predicted molar refractivity (Wildman–Crippen MR) is 98.3 cm³/mol. The van der Waals surface area contributed by atoms with Crippen molar-refractivity contribution in [2.45, 2.75) is 25.4 Å². The van der Waals surface area contributed by atoms with Gasteiger partial charge >= 0.3 is 0 Å². The van der Waals surface area contributed by atoms with E-state index in [1.54, 1.807) is 0 Å². The van der Waals surface area contributed by atoms with Gasteiger partial charge in [0.2, 0.25) is 0 Å². The van der Waals surface area contributed by atoms with Crippen LogP contribution in [0.15, 0.2) is 48.5 Å². The van der Waals surface area contributed by atoms with Crippen molar-refractivity contribution in [1.82, 2.24) is 4.90 Å². The maximum absolute atomic E-state index is 12.0. The number of halogens is 1. The fourth-order valence-corrected chi connectivity index (χ4v) is 5.00. The van der Waals surface area contributed by atoms with Crippen molar-refractivity contribution in [2.24, 2.45) is 11.8 Å². The number of aliphatic hydroxyl groups is 1. The van der Waals surface area contributed by atoms with Crippen molar-refractivity contribution >= 4 is 11.6 Å². The number of piperidine rings is 1. The molecule has 24 heavy (non-hydrogen) atoms. The molecule has 0 aromatic heterocycles. The van der Waals surface area contributed by atoms with E-state index in [9.17, 15) is 5.11 Å². The van der Waals surface area contributed by atoms with Crippen molar-refractivity contribution in [3.63, 3.8) is 0 Å². The number of benzene rings is 2. The lowest BCUT2D eigenvalue weighted by Crippen LogP contribution is -2.44. The highest BCUT2D eigenvalue weighted by Gasteiger charge is 2.50. The standard InChI is InChI=1S/C21H24ClNO/c1-15-11-18(22)7-8-19(15)21(24,12-16-5-3-2-4-6-16)20-14-23-10-9-17(20)13-23/h2-8,11,17,20,24H,9-10,12-14H2,1H3. The van der Waals surface area contributed by atoms with Crippen LogP contribution in [0.1, 0.15) is 23.1 Å². The molecule has 2 bridgehead atoms. The van der Waals surface area contributed by atoms with Crippen molar-refractivity contribution < 1.29 is 5.11 Å². The number of hydrogen-bond acceptors (Lipinski definition) is 2. The predicted octanol–water partition coefficient (Wildman–Crippen LogP) is 4.03. The Hall–Kier alpha value is -1.35. The van der Waals surface area contributed by atoms with Crippen LogP contribution in [0, 0.1) is 18.8 Å². The summed E-state index contributed by atoms with van der Waals surface area (Å²) in [6, 6.07) is 16.3. The van der Waals surface area contributed by atoms with Crippen LogP contribution in [0.4, 0.5) is 0 Å². The lowest BCUT2D eigenvalue weighted by atomic mass is 9.70. The number of fused-ring (bicyclic) bond motifs is 2. The Labute approximate surface area is 149 Å². The third-order valence-electron chi connectivity index (χ3n) is 5.92. The van der Waals surface area contributed by atoms with Crippen LogP contribution in [0.5, 0.6) is 0 Å². The highest BCUT2D eigenvalue weighted by molar-refractivity contribution is 6.30. The fourth-order valence-electron chi connectivity index (χ4n) is 4.77. The first-order chi connectivity index (χ1) is 11.6. The monoisotopic (exact) mass is 341 g/mol. The average molecular weight is 342 g/mol. The Kier molecular flexibility index (Phi) is 4.16. The van der Waals surface area contributed by atoms with Gasteiger partial charge < -0.3 is 10.0 Å². The van der Waals surface area contributed by atoms with Gasteiger partial charge in [0.05, 0.1) is 5.60 Å². The maximum Gasteiger partial charge on any atom is 0.0982 e. The molecule has 0 amide bonds. The molecule has 2 nitrogen and oxygen atoms in total. The fraction of sp³-hybridized carbons (Fsp3) is 0.429. The summed E-state index contributed by atoms with van der Waals surface area (Å²) < 4.78 is 0. The smallest absolute Gasteiger partial charge is 0.0982 e. The van der Waals surface area contributed by atoms with E-state index < -0.39 is 5.60 Å². The second-order valence-corrected chi connectivity index (χ2v) is 7.90. The van der Waals surface area contributed by atoms with E-state index in [0.717, 1.165) is 29.2 Å². The van der Waals surface area contributed by atoms with Gasteiger partial charge in [0.15, 0.2) is 0 Å². The molecule has 2 fully saturated rings. The molecule has 0 radical (unpaired) electrons. The molecule has 1 N–H and O–H groups in total. The third kappa shape index (κ3) is 2.77. The summed E-state index contributed by atoms with van der Waals surface area (Å²) in [6.45, 7) is 5.37. The van der Waals surface area contributed by atoms with Gasteiger partial charge in [-0.05, 0) is 54.6 Å². The molecule has 3 heteroatoms. The summed E-state index contributed by atoms with van der Waals surface area (Å²) in [5, 5.41) is 12.7. The number of rotatable bonds is 4. The highest BCUT2D eigenvalue weighted by atomic mass is 35.5. The van der Waals surface area contributed by atoms with Gasteiger partial charge in [0.25, 0.3) is 0 Å². The molecular weight excluding hydrogens is 318 g/mol. The van der Waals surface area contributed by atoms with Gasteiger partial charge in [-0.3, -0.25) is 0 Å². The van der Waals surface area contributed by atoms with Gasteiger partial charge in [-0.25, -0.2) is 0 Å². The van der Waals surface area contributed by atoms with Gasteiger partial charge in [-0.15, -0.1) is 0 Å². The maximum atomic E-state index is 12.0. The van der Waals surface area contributed by atoms with E-state index in [1.165, 1.54) is 18.5 Å². The van der Waals surface area contributed by atoms with Crippen molar-refractivity contribution in [3.05, 3.63) is 70.2 Å². The summed E-state index contributed by atoms with van der Waals surface area (Å²) in [6.07, 6.45) is 1.86. The highest BCUT2D eigenvalue weighted by Crippen LogP contribution is 2.46. The molecule has 4 atom stereocenters. The van der Waals surface area contributed by atoms with Crippen LogP contribution >= 0.6 is 11.6 Å². The molecule has 2 saturated heterocycles. The van der Waals surface area contributed by atoms with Crippen LogP contribution in [-0.4, -0.2) is 29.6 Å². The van der Waals surface area contributed by atoms with E-state index in [-0.39, 0.29) is 5.92 Å². The summed E-state index contributed by atoms with van der Waals surface area (Å²) in [5.74, 6) is 0.875. The number of nitrogens with zero attached hydrogens (tertiary/aromatic N) is 1. The first kappa shape index (κ1) is 16.1. The lowest BCUT2D eigenvalue weighted by molar-refractivity contribution is -0.0428. The summed E-state index contributed by atoms with van der Waals surface area (Å²) in [5.41, 5.74) is 2.47. The molecule has 0 aliphatic carbocycles. The van der Waals surface area contributed by atoms with E-state index >= 15 is 0 Å². The first-order valence-electron chi connectivity index (χ1n) is 8.81. The van der Waals surface area contributed by atoms with Gasteiger partial charge in [0, 0.05) is 30.5 Å². The summed E-state index contributed by atoms with van der Waals surface area (Å²) in [7, 11) is 0. The van der Waals surface area contributed by atoms with Crippen LogP contribution in [0.25, 0.3) is 0 Å². The van der Waals surface area contributed by atoms with Crippen LogP contribution in [-0.2, 0) is 12.0 Å². The Morgan fingerprint density at radius 2 is 1.96 bits per heavy atom. The molecular formula is C21H24ClNO. The number of hydrogen-bond donors (Lipinski definition) is 1. The van der Waals surface area contributed by atoms with E-state index in [4.69, 9.17) is 11.6 Å². The Bertz CT molecular complexity index is 732. The van der Waals surface area contributed by atoms with Crippen molar-refractivity contribution in [1.29, 1.82) is 0 Å². The largest absolute Gasteiger partial charge is 0.384 e. The van der Waals surface area contributed by atoms with Crippen molar-refractivity contribution in [3.8, 4) is 0 Å². The van der Waals surface area contributed by atoms with E-state index in [1.807, 2.05) is 24.3 Å². The quantitative estimate of drug-likeness (QED) is 0.907. The Balaban J connectivity index is 1.76. The Morgan fingerprint density at radius 3 is 2.58 bits per heavy atom. The molecule has 2 aliphatic rings. The zero-order valence-corrected chi connectivity index (χ0v) is 14.8.